The third-order valence-electron chi connectivity index (χ3n) is 5.73. The minimum atomic E-state index is 0. The fourth-order valence-corrected chi connectivity index (χ4v) is 3.76. The van der Waals surface area contributed by atoms with E-state index in [-0.39, 0.29) is 24.2 Å². The van der Waals surface area contributed by atoms with Gasteiger partial charge in [-0.3, -0.25) is 4.79 Å². The smallest absolute Gasteiger partial charge is 0.225 e. The van der Waals surface area contributed by atoms with Crippen LogP contribution >= 0.6 is 12.4 Å². The van der Waals surface area contributed by atoms with E-state index in [1.807, 2.05) is 18.9 Å². The lowest BCUT2D eigenvalue weighted by Crippen LogP contribution is -2.49. The molecular formula is C24H33ClN2O2. The van der Waals surface area contributed by atoms with E-state index in [0.29, 0.717) is 19.1 Å². The Labute approximate surface area is 181 Å². The molecule has 0 radical (unpaired) electrons. The minimum Gasteiger partial charge on any atom is -0.488 e. The lowest BCUT2D eigenvalue weighted by atomic mass is 9.88. The molecule has 1 fully saturated rings. The van der Waals surface area contributed by atoms with E-state index in [4.69, 9.17) is 4.74 Å². The normalized spacial score (nSPS) is 14.5. The SMILES string of the molecule is Cc1ccc(COc2c(C)cc(CN(C)C(=O)C(C)C3CNC3)cc2C)cc1.Cl. The van der Waals surface area contributed by atoms with Gasteiger partial charge in [0.15, 0.2) is 0 Å². The summed E-state index contributed by atoms with van der Waals surface area (Å²) in [6, 6.07) is 12.7. The lowest BCUT2D eigenvalue weighted by molar-refractivity contribution is -0.136. The van der Waals surface area contributed by atoms with Gasteiger partial charge in [0.05, 0.1) is 0 Å². The van der Waals surface area contributed by atoms with E-state index in [2.05, 4.69) is 62.5 Å². The maximum absolute atomic E-state index is 12.7. The van der Waals surface area contributed by atoms with Gasteiger partial charge in [-0.25, -0.2) is 0 Å². The Balaban J connectivity index is 0.00000300. The number of rotatable bonds is 7. The molecule has 2 aromatic carbocycles. The van der Waals surface area contributed by atoms with Gasteiger partial charge in [0.1, 0.15) is 12.4 Å². The molecule has 2 aromatic rings. The van der Waals surface area contributed by atoms with Crippen LogP contribution in [0.1, 0.15) is 34.7 Å². The fraction of sp³-hybridized carbons (Fsp3) is 0.458. The molecule has 1 aliphatic heterocycles. The molecule has 1 saturated heterocycles. The molecule has 0 spiro atoms. The Morgan fingerprint density at radius 3 is 2.21 bits per heavy atom. The predicted octanol–water partition coefficient (Wildman–Crippen LogP) is 4.43. The summed E-state index contributed by atoms with van der Waals surface area (Å²) in [7, 11) is 1.90. The summed E-state index contributed by atoms with van der Waals surface area (Å²) in [5, 5.41) is 3.25. The molecule has 3 rings (SSSR count). The number of nitrogens with one attached hydrogen (secondary N) is 1. The monoisotopic (exact) mass is 416 g/mol. The summed E-state index contributed by atoms with van der Waals surface area (Å²) in [6.45, 7) is 11.4. The highest BCUT2D eigenvalue weighted by atomic mass is 35.5. The molecule has 5 heteroatoms. The molecular weight excluding hydrogens is 384 g/mol. The van der Waals surface area contributed by atoms with Gasteiger partial charge in [-0.15, -0.1) is 12.4 Å². The van der Waals surface area contributed by atoms with Gasteiger partial charge in [-0.2, -0.15) is 0 Å². The van der Waals surface area contributed by atoms with E-state index in [1.165, 1.54) is 11.1 Å². The number of amides is 1. The second-order valence-electron chi connectivity index (χ2n) is 8.23. The molecule has 0 bridgehead atoms. The zero-order chi connectivity index (χ0) is 20.3. The molecule has 1 atom stereocenters. The number of hydrogen-bond donors (Lipinski definition) is 1. The van der Waals surface area contributed by atoms with E-state index < -0.39 is 0 Å². The van der Waals surface area contributed by atoms with Gasteiger partial charge in [-0.1, -0.05) is 48.9 Å². The molecule has 158 valence electrons. The van der Waals surface area contributed by atoms with Crippen LogP contribution in [-0.2, 0) is 17.9 Å². The number of hydrogen-bond acceptors (Lipinski definition) is 3. The van der Waals surface area contributed by atoms with Crippen molar-refractivity contribution in [1.82, 2.24) is 10.2 Å². The fourth-order valence-electron chi connectivity index (χ4n) is 3.76. The number of benzene rings is 2. The maximum Gasteiger partial charge on any atom is 0.225 e. The van der Waals surface area contributed by atoms with Crippen LogP contribution < -0.4 is 10.1 Å². The average Bonchev–Trinajstić information content (AvgIpc) is 2.60. The second-order valence-corrected chi connectivity index (χ2v) is 8.23. The van der Waals surface area contributed by atoms with Gasteiger partial charge in [0.2, 0.25) is 5.91 Å². The first-order valence-corrected chi connectivity index (χ1v) is 10.1. The van der Waals surface area contributed by atoms with Crippen molar-refractivity contribution in [2.45, 2.75) is 40.8 Å². The Hall–Kier alpha value is -2.04. The summed E-state index contributed by atoms with van der Waals surface area (Å²) < 4.78 is 6.11. The molecule has 0 aliphatic carbocycles. The van der Waals surface area contributed by atoms with Crippen molar-refractivity contribution in [3.8, 4) is 5.75 Å². The van der Waals surface area contributed by atoms with E-state index in [0.717, 1.165) is 35.5 Å². The topological polar surface area (TPSA) is 41.6 Å². The summed E-state index contributed by atoms with van der Waals surface area (Å²) in [6.07, 6.45) is 0. The standard InChI is InChI=1S/C24H32N2O2.ClH/c1-16-6-8-20(9-7-16)15-28-23-17(2)10-21(11-18(23)3)14-26(5)24(27)19(4)22-12-25-13-22;/h6-11,19,22,25H,12-15H2,1-5H3;1H. The van der Waals surface area contributed by atoms with Gasteiger partial charge in [0, 0.05) is 19.5 Å². The van der Waals surface area contributed by atoms with Crippen LogP contribution in [0, 0.1) is 32.6 Å². The highest BCUT2D eigenvalue weighted by Gasteiger charge is 2.30. The number of ether oxygens (including phenoxy) is 1. The number of nitrogens with zero attached hydrogens (tertiary/aromatic N) is 1. The first-order valence-electron chi connectivity index (χ1n) is 10.1. The van der Waals surface area contributed by atoms with Gasteiger partial charge >= 0.3 is 0 Å². The van der Waals surface area contributed by atoms with Gasteiger partial charge in [0.25, 0.3) is 0 Å². The summed E-state index contributed by atoms with van der Waals surface area (Å²) in [4.78, 5) is 14.5. The van der Waals surface area contributed by atoms with Crippen LogP contribution in [0.5, 0.6) is 5.75 Å². The van der Waals surface area contributed by atoms with Crippen molar-refractivity contribution < 1.29 is 9.53 Å². The molecule has 1 aliphatic rings. The van der Waals surface area contributed by atoms with E-state index in [9.17, 15) is 4.79 Å². The van der Waals surface area contributed by atoms with E-state index in [1.54, 1.807) is 0 Å². The molecule has 1 N–H and O–H groups in total. The van der Waals surface area contributed by atoms with Crippen molar-refractivity contribution in [2.24, 2.45) is 11.8 Å². The third kappa shape index (κ3) is 5.74. The van der Waals surface area contributed by atoms with Crippen LogP contribution in [0.3, 0.4) is 0 Å². The van der Waals surface area contributed by atoms with Crippen LogP contribution in [0.2, 0.25) is 0 Å². The molecule has 1 unspecified atom stereocenters. The summed E-state index contributed by atoms with van der Waals surface area (Å²) in [5.74, 6) is 1.70. The highest BCUT2D eigenvalue weighted by Crippen LogP contribution is 2.27. The zero-order valence-corrected chi connectivity index (χ0v) is 18.9. The molecule has 4 nitrogen and oxygen atoms in total. The zero-order valence-electron chi connectivity index (χ0n) is 18.1. The number of carbonyl (C=O) groups is 1. The van der Waals surface area contributed by atoms with Crippen molar-refractivity contribution in [3.63, 3.8) is 0 Å². The molecule has 29 heavy (non-hydrogen) atoms. The number of carbonyl (C=O) groups excluding carboxylic acids is 1. The average molecular weight is 417 g/mol. The predicted molar refractivity (Wildman–Crippen MR) is 121 cm³/mol. The number of halogens is 1. The number of aryl methyl sites for hydroxylation is 3. The molecule has 1 heterocycles. The van der Waals surface area contributed by atoms with Crippen molar-refractivity contribution >= 4 is 18.3 Å². The quantitative estimate of drug-likeness (QED) is 0.726. The maximum atomic E-state index is 12.7. The van der Waals surface area contributed by atoms with Gasteiger partial charge in [-0.05, 0) is 62.0 Å². The van der Waals surface area contributed by atoms with Crippen molar-refractivity contribution in [3.05, 3.63) is 64.2 Å². The molecule has 1 amide bonds. The molecule has 0 aromatic heterocycles. The summed E-state index contributed by atoms with van der Waals surface area (Å²) in [5.41, 5.74) is 5.78. The lowest BCUT2D eigenvalue weighted by Gasteiger charge is -2.34. The van der Waals surface area contributed by atoms with Crippen LogP contribution in [-0.4, -0.2) is 30.9 Å². The summed E-state index contributed by atoms with van der Waals surface area (Å²) >= 11 is 0. The van der Waals surface area contributed by atoms with Crippen LogP contribution in [0.15, 0.2) is 36.4 Å². The van der Waals surface area contributed by atoms with Crippen molar-refractivity contribution in [2.75, 3.05) is 20.1 Å². The van der Waals surface area contributed by atoms with E-state index >= 15 is 0 Å². The molecule has 0 saturated carbocycles. The highest BCUT2D eigenvalue weighted by molar-refractivity contribution is 5.85. The van der Waals surface area contributed by atoms with Crippen molar-refractivity contribution in [1.29, 1.82) is 0 Å². The Morgan fingerprint density at radius 2 is 1.69 bits per heavy atom. The Bertz CT molecular complexity index is 808. The first kappa shape index (κ1) is 23.2. The first-order chi connectivity index (χ1) is 13.3. The van der Waals surface area contributed by atoms with Crippen LogP contribution in [0.25, 0.3) is 0 Å². The third-order valence-corrected chi connectivity index (χ3v) is 5.73. The largest absolute Gasteiger partial charge is 0.488 e. The Kier molecular flexibility index (Phi) is 8.12. The second kappa shape index (κ2) is 10.1. The van der Waals surface area contributed by atoms with Gasteiger partial charge < -0.3 is 15.0 Å². The minimum absolute atomic E-state index is 0. The Morgan fingerprint density at radius 1 is 1.10 bits per heavy atom. The van der Waals surface area contributed by atoms with Crippen LogP contribution in [0.4, 0.5) is 0 Å².